The van der Waals surface area contributed by atoms with Crippen LogP contribution in [0.15, 0.2) is 30.6 Å². The van der Waals surface area contributed by atoms with Crippen LogP contribution >= 0.6 is 0 Å². The van der Waals surface area contributed by atoms with E-state index >= 15 is 0 Å². The van der Waals surface area contributed by atoms with Crippen LogP contribution < -0.4 is 0 Å². The molecule has 1 atom stereocenters. The van der Waals surface area contributed by atoms with E-state index in [4.69, 9.17) is 0 Å². The van der Waals surface area contributed by atoms with Crippen LogP contribution in [0.25, 0.3) is 10.8 Å². The summed E-state index contributed by atoms with van der Waals surface area (Å²) in [5.41, 5.74) is 0.542. The number of carboxylic acid groups (broad SMARTS) is 1. The highest BCUT2D eigenvalue weighted by atomic mass is 16.6. The lowest BCUT2D eigenvalue weighted by atomic mass is 9.90. The smallest absolute Gasteiger partial charge is 0.310 e. The van der Waals surface area contributed by atoms with Crippen molar-refractivity contribution in [1.82, 2.24) is 4.98 Å². The molecule has 0 spiro atoms. The monoisotopic (exact) mass is 274 g/mol. The molecule has 20 heavy (non-hydrogen) atoms. The standard InChI is InChI=1S/C14H14N2O4/c1-2-3-11(14(17)18)9-4-5-13(16(19)20)12-8-15-7-6-10(9)12/h4-8,11H,2-3H2,1H3,(H,17,18). The van der Waals surface area contributed by atoms with Crippen molar-refractivity contribution in [2.75, 3.05) is 0 Å². The Balaban J connectivity index is 2.69. The Morgan fingerprint density at radius 3 is 2.75 bits per heavy atom. The van der Waals surface area contributed by atoms with Crippen LogP contribution in [0.3, 0.4) is 0 Å². The SMILES string of the molecule is CCCC(C(=O)O)c1ccc([N+](=O)[O-])c2cnccc12. The summed E-state index contributed by atoms with van der Waals surface area (Å²) in [5, 5.41) is 21.3. The maximum Gasteiger partial charge on any atom is 0.310 e. The number of fused-ring (bicyclic) bond motifs is 1. The van der Waals surface area contributed by atoms with Crippen LogP contribution in [-0.4, -0.2) is 21.0 Å². The van der Waals surface area contributed by atoms with Crippen LogP contribution in [0.4, 0.5) is 5.69 Å². The van der Waals surface area contributed by atoms with Gasteiger partial charge in [-0.25, -0.2) is 0 Å². The van der Waals surface area contributed by atoms with E-state index < -0.39 is 16.8 Å². The molecular weight excluding hydrogens is 260 g/mol. The van der Waals surface area contributed by atoms with Gasteiger partial charge in [-0.15, -0.1) is 0 Å². The van der Waals surface area contributed by atoms with E-state index in [2.05, 4.69) is 4.98 Å². The van der Waals surface area contributed by atoms with E-state index in [0.29, 0.717) is 22.8 Å². The molecule has 0 aliphatic heterocycles. The number of non-ortho nitro benzene ring substituents is 1. The summed E-state index contributed by atoms with van der Waals surface area (Å²) in [6.45, 7) is 1.91. The van der Waals surface area contributed by atoms with Gasteiger partial charge in [-0.1, -0.05) is 19.4 Å². The molecule has 0 radical (unpaired) electrons. The van der Waals surface area contributed by atoms with Gasteiger partial charge in [-0.05, 0) is 23.4 Å². The lowest BCUT2D eigenvalue weighted by molar-refractivity contribution is -0.383. The van der Waals surface area contributed by atoms with Crippen LogP contribution in [0.1, 0.15) is 31.2 Å². The highest BCUT2D eigenvalue weighted by Crippen LogP contribution is 2.33. The lowest BCUT2D eigenvalue weighted by Gasteiger charge is -2.14. The fraction of sp³-hybridized carbons (Fsp3) is 0.286. The van der Waals surface area contributed by atoms with E-state index in [0.717, 1.165) is 6.42 Å². The number of aliphatic carboxylic acids is 1. The van der Waals surface area contributed by atoms with Crippen molar-refractivity contribution in [2.45, 2.75) is 25.7 Å². The molecule has 0 amide bonds. The molecule has 0 aliphatic rings. The Morgan fingerprint density at radius 1 is 1.40 bits per heavy atom. The number of pyridine rings is 1. The van der Waals surface area contributed by atoms with Gasteiger partial charge < -0.3 is 5.11 Å². The number of nitrogens with zero attached hydrogens (tertiary/aromatic N) is 2. The van der Waals surface area contributed by atoms with Gasteiger partial charge in [0.2, 0.25) is 0 Å². The Kier molecular flexibility index (Phi) is 3.93. The molecule has 1 heterocycles. The van der Waals surface area contributed by atoms with Crippen LogP contribution in [0.5, 0.6) is 0 Å². The molecule has 2 rings (SSSR count). The summed E-state index contributed by atoms with van der Waals surface area (Å²) in [6.07, 6.45) is 4.13. The third kappa shape index (κ3) is 2.45. The van der Waals surface area contributed by atoms with Crippen molar-refractivity contribution in [3.05, 3.63) is 46.3 Å². The van der Waals surface area contributed by atoms with Gasteiger partial charge in [0.1, 0.15) is 0 Å². The van der Waals surface area contributed by atoms with Crippen molar-refractivity contribution < 1.29 is 14.8 Å². The molecule has 0 aliphatic carbocycles. The number of hydrogen-bond acceptors (Lipinski definition) is 4. The zero-order chi connectivity index (χ0) is 14.7. The number of aromatic nitrogens is 1. The van der Waals surface area contributed by atoms with E-state index in [1.807, 2.05) is 6.92 Å². The van der Waals surface area contributed by atoms with Gasteiger partial charge in [0.15, 0.2) is 0 Å². The zero-order valence-electron chi connectivity index (χ0n) is 10.9. The zero-order valence-corrected chi connectivity index (χ0v) is 10.9. The number of hydrogen-bond donors (Lipinski definition) is 1. The van der Waals surface area contributed by atoms with Gasteiger partial charge in [-0.2, -0.15) is 0 Å². The molecule has 1 aromatic heterocycles. The lowest BCUT2D eigenvalue weighted by Crippen LogP contribution is -2.12. The minimum atomic E-state index is -0.918. The normalized spacial score (nSPS) is 12.2. The van der Waals surface area contributed by atoms with Crippen molar-refractivity contribution in [2.24, 2.45) is 0 Å². The second-order valence-corrected chi connectivity index (χ2v) is 4.53. The molecule has 104 valence electrons. The largest absolute Gasteiger partial charge is 0.481 e. The quantitative estimate of drug-likeness (QED) is 0.667. The second-order valence-electron chi connectivity index (χ2n) is 4.53. The number of carbonyl (C=O) groups is 1. The van der Waals surface area contributed by atoms with E-state index in [1.54, 1.807) is 6.07 Å². The predicted molar refractivity (Wildman–Crippen MR) is 73.7 cm³/mol. The van der Waals surface area contributed by atoms with Gasteiger partial charge in [0.05, 0.1) is 16.2 Å². The maximum absolute atomic E-state index is 11.4. The highest BCUT2D eigenvalue weighted by Gasteiger charge is 2.23. The number of rotatable bonds is 5. The molecule has 0 saturated carbocycles. The number of benzene rings is 1. The summed E-state index contributed by atoms with van der Waals surface area (Å²) >= 11 is 0. The fourth-order valence-corrected chi connectivity index (χ4v) is 2.36. The molecule has 6 heteroatoms. The van der Waals surface area contributed by atoms with Crippen molar-refractivity contribution in [3.8, 4) is 0 Å². The number of nitro benzene ring substituents is 1. The van der Waals surface area contributed by atoms with E-state index in [9.17, 15) is 20.0 Å². The first kappa shape index (κ1) is 13.9. The number of carboxylic acids is 1. The Bertz CT molecular complexity index is 669. The van der Waals surface area contributed by atoms with Gasteiger partial charge in [0.25, 0.3) is 5.69 Å². The Labute approximate surface area is 115 Å². The highest BCUT2D eigenvalue weighted by molar-refractivity contribution is 5.95. The van der Waals surface area contributed by atoms with E-state index in [1.165, 1.54) is 24.5 Å². The first-order valence-corrected chi connectivity index (χ1v) is 6.30. The minimum absolute atomic E-state index is 0.0579. The predicted octanol–water partition coefficient (Wildman–Crippen LogP) is 3.11. The molecule has 0 saturated heterocycles. The van der Waals surface area contributed by atoms with Gasteiger partial charge in [-0.3, -0.25) is 19.9 Å². The van der Waals surface area contributed by atoms with Gasteiger partial charge >= 0.3 is 5.97 Å². The molecule has 2 aromatic rings. The summed E-state index contributed by atoms with van der Waals surface area (Å²) in [6, 6.07) is 4.52. The number of nitro groups is 1. The molecule has 6 nitrogen and oxygen atoms in total. The Hall–Kier alpha value is -2.50. The van der Waals surface area contributed by atoms with Crippen LogP contribution in [-0.2, 0) is 4.79 Å². The minimum Gasteiger partial charge on any atom is -0.481 e. The molecular formula is C14H14N2O4. The fourth-order valence-electron chi connectivity index (χ4n) is 2.36. The second kappa shape index (κ2) is 5.64. The van der Waals surface area contributed by atoms with E-state index in [-0.39, 0.29) is 5.69 Å². The van der Waals surface area contributed by atoms with Crippen LogP contribution in [0.2, 0.25) is 0 Å². The summed E-state index contributed by atoms with van der Waals surface area (Å²) in [4.78, 5) is 25.8. The third-order valence-electron chi connectivity index (χ3n) is 3.28. The molecule has 0 fully saturated rings. The third-order valence-corrected chi connectivity index (χ3v) is 3.28. The summed E-state index contributed by atoms with van der Waals surface area (Å²) in [5.74, 6) is -1.58. The molecule has 0 bridgehead atoms. The average molecular weight is 274 g/mol. The average Bonchev–Trinajstić information content (AvgIpc) is 2.43. The van der Waals surface area contributed by atoms with Gasteiger partial charge in [0, 0.05) is 18.5 Å². The maximum atomic E-state index is 11.4. The van der Waals surface area contributed by atoms with Crippen molar-refractivity contribution in [1.29, 1.82) is 0 Å². The first-order chi connectivity index (χ1) is 9.56. The van der Waals surface area contributed by atoms with Crippen molar-refractivity contribution >= 4 is 22.4 Å². The summed E-state index contributed by atoms with van der Waals surface area (Å²) < 4.78 is 0. The first-order valence-electron chi connectivity index (χ1n) is 6.30. The molecule has 1 unspecified atom stereocenters. The topological polar surface area (TPSA) is 93.3 Å². The van der Waals surface area contributed by atoms with Crippen molar-refractivity contribution in [3.63, 3.8) is 0 Å². The molecule has 1 aromatic carbocycles. The van der Waals surface area contributed by atoms with Crippen LogP contribution in [0, 0.1) is 10.1 Å². The molecule has 1 N–H and O–H groups in total. The Morgan fingerprint density at radius 2 is 2.15 bits per heavy atom. The summed E-state index contributed by atoms with van der Waals surface area (Å²) in [7, 11) is 0.